The van der Waals surface area contributed by atoms with Crippen LogP contribution in [-0.2, 0) is 23.0 Å². The maximum absolute atomic E-state index is 11.7. The van der Waals surface area contributed by atoms with Crippen molar-refractivity contribution in [3.63, 3.8) is 0 Å². The Morgan fingerprint density at radius 1 is 1.30 bits per heavy atom. The van der Waals surface area contributed by atoms with Crippen LogP contribution in [0.4, 0.5) is 0 Å². The molecule has 0 bridgehead atoms. The van der Waals surface area contributed by atoms with Crippen LogP contribution in [0.1, 0.15) is 31.4 Å². The van der Waals surface area contributed by atoms with Gasteiger partial charge < -0.3 is 0 Å². The molecule has 1 aromatic rings. The van der Waals surface area contributed by atoms with E-state index >= 15 is 0 Å². The summed E-state index contributed by atoms with van der Waals surface area (Å²) in [6.45, 7) is 6.36. The maximum Gasteiger partial charge on any atom is 0.211 e. The van der Waals surface area contributed by atoms with Gasteiger partial charge in [-0.3, -0.25) is 4.90 Å². The van der Waals surface area contributed by atoms with Crippen LogP contribution in [0.3, 0.4) is 0 Å². The molecule has 1 aromatic carbocycles. The maximum atomic E-state index is 11.7. The van der Waals surface area contributed by atoms with Gasteiger partial charge in [-0.15, -0.1) is 0 Å². The number of benzene rings is 1. The standard InChI is InChI=1S/C15H24N2O2S/c1-3-10-20(18,19)16-11-13(2)17-9-8-14-6-4-5-7-15(14)12-17/h4-7,13,16H,3,8-12H2,1-2H3. The Kier molecular flexibility index (Phi) is 5.18. The third-order valence-electron chi connectivity index (χ3n) is 3.86. The summed E-state index contributed by atoms with van der Waals surface area (Å²) in [7, 11) is -3.10. The summed E-state index contributed by atoms with van der Waals surface area (Å²) in [5.74, 6) is 0.211. The summed E-state index contributed by atoms with van der Waals surface area (Å²) < 4.78 is 26.1. The molecule has 0 amide bonds. The van der Waals surface area contributed by atoms with Gasteiger partial charge in [-0.2, -0.15) is 0 Å². The largest absolute Gasteiger partial charge is 0.295 e. The Balaban J connectivity index is 1.90. The highest BCUT2D eigenvalue weighted by Crippen LogP contribution is 2.19. The van der Waals surface area contributed by atoms with Crippen molar-refractivity contribution in [2.75, 3.05) is 18.8 Å². The zero-order valence-electron chi connectivity index (χ0n) is 12.3. The van der Waals surface area contributed by atoms with Gasteiger partial charge in [0.25, 0.3) is 0 Å². The molecular formula is C15H24N2O2S. The minimum atomic E-state index is -3.10. The molecule has 0 aliphatic carbocycles. The van der Waals surface area contributed by atoms with Crippen LogP contribution in [0.2, 0.25) is 0 Å². The van der Waals surface area contributed by atoms with E-state index in [1.165, 1.54) is 11.1 Å². The third kappa shape index (κ3) is 4.04. The predicted molar refractivity (Wildman–Crippen MR) is 82.1 cm³/mol. The van der Waals surface area contributed by atoms with Crippen LogP contribution in [0.25, 0.3) is 0 Å². The first-order valence-electron chi connectivity index (χ1n) is 7.30. The molecule has 1 N–H and O–H groups in total. The van der Waals surface area contributed by atoms with Gasteiger partial charge in [-0.1, -0.05) is 31.2 Å². The Morgan fingerprint density at radius 2 is 2.00 bits per heavy atom. The second-order valence-corrected chi connectivity index (χ2v) is 7.43. The Hall–Kier alpha value is -0.910. The molecule has 20 heavy (non-hydrogen) atoms. The van der Waals surface area contributed by atoms with Gasteiger partial charge in [-0.25, -0.2) is 13.1 Å². The molecule has 0 fully saturated rings. The lowest BCUT2D eigenvalue weighted by Crippen LogP contribution is -2.44. The number of fused-ring (bicyclic) bond motifs is 1. The Labute approximate surface area is 122 Å². The van der Waals surface area contributed by atoms with E-state index in [9.17, 15) is 8.42 Å². The van der Waals surface area contributed by atoms with E-state index in [-0.39, 0.29) is 11.8 Å². The minimum absolute atomic E-state index is 0.211. The molecule has 5 heteroatoms. The molecule has 1 aliphatic heterocycles. The van der Waals surface area contributed by atoms with E-state index in [2.05, 4.69) is 40.8 Å². The molecule has 112 valence electrons. The van der Waals surface area contributed by atoms with Crippen LogP contribution in [0, 0.1) is 0 Å². The van der Waals surface area contributed by atoms with Crippen molar-refractivity contribution in [3.8, 4) is 0 Å². The molecule has 1 aliphatic rings. The fourth-order valence-corrected chi connectivity index (χ4v) is 3.79. The first kappa shape index (κ1) is 15.5. The van der Waals surface area contributed by atoms with E-state index in [0.29, 0.717) is 13.0 Å². The van der Waals surface area contributed by atoms with Crippen molar-refractivity contribution in [1.29, 1.82) is 0 Å². The number of sulfonamides is 1. The summed E-state index contributed by atoms with van der Waals surface area (Å²) in [5.41, 5.74) is 2.78. The summed E-state index contributed by atoms with van der Waals surface area (Å²) in [5, 5.41) is 0. The normalized spacial score (nSPS) is 17.7. The Morgan fingerprint density at radius 3 is 2.70 bits per heavy atom. The SMILES string of the molecule is CCCS(=O)(=O)NCC(C)N1CCc2ccccc2C1. The topological polar surface area (TPSA) is 49.4 Å². The van der Waals surface area contributed by atoms with Crippen molar-refractivity contribution >= 4 is 10.0 Å². The lowest BCUT2D eigenvalue weighted by Gasteiger charge is -2.33. The molecular weight excluding hydrogens is 272 g/mol. The molecule has 0 radical (unpaired) electrons. The lowest BCUT2D eigenvalue weighted by molar-refractivity contribution is 0.192. The lowest BCUT2D eigenvalue weighted by atomic mass is 9.99. The van der Waals surface area contributed by atoms with Crippen LogP contribution >= 0.6 is 0 Å². The van der Waals surface area contributed by atoms with E-state index in [1.807, 2.05) is 6.92 Å². The highest BCUT2D eigenvalue weighted by atomic mass is 32.2. The van der Waals surface area contributed by atoms with Gasteiger partial charge >= 0.3 is 0 Å². The van der Waals surface area contributed by atoms with Gasteiger partial charge in [0.15, 0.2) is 0 Å². The average Bonchev–Trinajstić information content (AvgIpc) is 2.44. The molecule has 0 aromatic heterocycles. The second-order valence-electron chi connectivity index (χ2n) is 5.51. The van der Waals surface area contributed by atoms with E-state index in [0.717, 1.165) is 19.5 Å². The highest BCUT2D eigenvalue weighted by molar-refractivity contribution is 7.89. The fourth-order valence-electron chi connectivity index (χ4n) is 2.61. The molecule has 0 saturated carbocycles. The van der Waals surface area contributed by atoms with Crippen molar-refractivity contribution in [2.45, 2.75) is 39.3 Å². The molecule has 1 atom stereocenters. The zero-order valence-corrected chi connectivity index (χ0v) is 13.1. The Bertz CT molecular complexity index is 543. The zero-order chi connectivity index (χ0) is 14.6. The third-order valence-corrected chi connectivity index (χ3v) is 5.41. The average molecular weight is 296 g/mol. The summed E-state index contributed by atoms with van der Waals surface area (Å²) >= 11 is 0. The van der Waals surface area contributed by atoms with E-state index in [1.54, 1.807) is 0 Å². The molecule has 0 spiro atoms. The summed E-state index contributed by atoms with van der Waals surface area (Å²) in [6.07, 6.45) is 1.70. The molecule has 4 nitrogen and oxygen atoms in total. The van der Waals surface area contributed by atoms with Crippen LogP contribution in [0.15, 0.2) is 24.3 Å². The smallest absolute Gasteiger partial charge is 0.211 e. The monoisotopic (exact) mass is 296 g/mol. The first-order chi connectivity index (χ1) is 9.52. The van der Waals surface area contributed by atoms with Crippen molar-refractivity contribution in [1.82, 2.24) is 9.62 Å². The molecule has 0 saturated heterocycles. The fraction of sp³-hybridized carbons (Fsp3) is 0.600. The molecule has 1 unspecified atom stereocenters. The quantitative estimate of drug-likeness (QED) is 0.870. The molecule has 1 heterocycles. The van der Waals surface area contributed by atoms with E-state index < -0.39 is 10.0 Å². The number of hydrogen-bond acceptors (Lipinski definition) is 3. The second kappa shape index (κ2) is 6.70. The van der Waals surface area contributed by atoms with Crippen molar-refractivity contribution < 1.29 is 8.42 Å². The number of nitrogens with one attached hydrogen (secondary N) is 1. The highest BCUT2D eigenvalue weighted by Gasteiger charge is 2.21. The first-order valence-corrected chi connectivity index (χ1v) is 8.95. The van der Waals surface area contributed by atoms with Gasteiger partial charge in [0.05, 0.1) is 5.75 Å². The number of hydrogen-bond donors (Lipinski definition) is 1. The van der Waals surface area contributed by atoms with Crippen molar-refractivity contribution in [2.24, 2.45) is 0 Å². The summed E-state index contributed by atoms with van der Waals surface area (Å²) in [6, 6.07) is 8.71. The van der Waals surface area contributed by atoms with E-state index in [4.69, 9.17) is 0 Å². The van der Waals surface area contributed by atoms with Gasteiger partial charge in [0.2, 0.25) is 10.0 Å². The predicted octanol–water partition coefficient (Wildman–Crippen LogP) is 1.76. The van der Waals surface area contributed by atoms with Gasteiger partial charge in [-0.05, 0) is 30.9 Å². The summed E-state index contributed by atoms with van der Waals surface area (Å²) in [4.78, 5) is 2.34. The molecule has 2 rings (SSSR count). The minimum Gasteiger partial charge on any atom is -0.295 e. The number of nitrogens with zero attached hydrogens (tertiary/aromatic N) is 1. The number of rotatable bonds is 6. The van der Waals surface area contributed by atoms with Crippen molar-refractivity contribution in [3.05, 3.63) is 35.4 Å². The van der Waals surface area contributed by atoms with Gasteiger partial charge in [0.1, 0.15) is 0 Å². The van der Waals surface area contributed by atoms with Gasteiger partial charge in [0, 0.05) is 25.7 Å². The van der Waals surface area contributed by atoms with Crippen LogP contribution < -0.4 is 4.72 Å². The van der Waals surface area contributed by atoms with Crippen LogP contribution in [0.5, 0.6) is 0 Å². The van der Waals surface area contributed by atoms with Crippen LogP contribution in [-0.4, -0.2) is 38.2 Å².